The molecule has 2 fully saturated rings. The molecule has 1 aliphatic carbocycles. The van der Waals surface area contributed by atoms with Crippen molar-refractivity contribution in [1.82, 2.24) is 0 Å². The maximum Gasteiger partial charge on any atom is 0.373 e. The van der Waals surface area contributed by atoms with Gasteiger partial charge in [0.1, 0.15) is 6.10 Å². The summed E-state index contributed by atoms with van der Waals surface area (Å²) >= 11 is 0. The SMILES string of the molecule is CCOP(=O)(OCC)[C@H](OC(=O)c1ccccc1)[C@H]1COC2(CCCCC2)O1. The van der Waals surface area contributed by atoms with Crippen molar-refractivity contribution in [2.75, 3.05) is 19.8 Å². The molecule has 2 atom stereocenters. The highest BCUT2D eigenvalue weighted by atomic mass is 31.2. The second-order valence-electron chi connectivity index (χ2n) is 6.98. The van der Waals surface area contributed by atoms with Crippen molar-refractivity contribution in [3.8, 4) is 0 Å². The van der Waals surface area contributed by atoms with Crippen LogP contribution in [0.5, 0.6) is 0 Å². The van der Waals surface area contributed by atoms with Crippen LogP contribution in [0.25, 0.3) is 0 Å². The van der Waals surface area contributed by atoms with Gasteiger partial charge in [0.2, 0.25) is 5.85 Å². The van der Waals surface area contributed by atoms with Crippen molar-refractivity contribution in [3.05, 3.63) is 35.9 Å². The molecule has 1 spiro atoms. The lowest BCUT2D eigenvalue weighted by atomic mass is 9.94. The van der Waals surface area contributed by atoms with Crippen molar-refractivity contribution in [1.29, 1.82) is 0 Å². The first-order valence-corrected chi connectivity index (χ1v) is 11.6. The highest BCUT2D eigenvalue weighted by molar-refractivity contribution is 7.54. The molecule has 0 amide bonds. The molecule has 1 aliphatic heterocycles. The Morgan fingerprint density at radius 2 is 1.79 bits per heavy atom. The Bertz CT molecular complexity index is 677. The predicted molar refractivity (Wildman–Crippen MR) is 103 cm³/mol. The smallest absolute Gasteiger partial charge is 0.373 e. The molecule has 156 valence electrons. The monoisotopic (exact) mass is 412 g/mol. The normalized spacial score (nSPS) is 22.9. The Labute approximate surface area is 166 Å². The molecule has 3 rings (SSSR count). The topological polar surface area (TPSA) is 80.3 Å². The third-order valence-corrected chi connectivity index (χ3v) is 7.27. The molecule has 1 saturated heterocycles. The van der Waals surface area contributed by atoms with Gasteiger partial charge in [0.15, 0.2) is 5.79 Å². The van der Waals surface area contributed by atoms with Gasteiger partial charge in [0.25, 0.3) is 0 Å². The first kappa shape index (κ1) is 21.5. The summed E-state index contributed by atoms with van der Waals surface area (Å²) in [5.41, 5.74) is 0.360. The van der Waals surface area contributed by atoms with E-state index in [4.69, 9.17) is 23.3 Å². The molecule has 0 N–H and O–H groups in total. The lowest BCUT2D eigenvalue weighted by molar-refractivity contribution is -0.192. The lowest BCUT2D eigenvalue weighted by Gasteiger charge is -2.33. The van der Waals surface area contributed by atoms with Crippen LogP contribution >= 0.6 is 7.60 Å². The zero-order valence-corrected chi connectivity index (χ0v) is 17.4. The third kappa shape index (κ3) is 4.84. The number of carbonyl (C=O) groups is 1. The number of hydrogen-bond acceptors (Lipinski definition) is 7. The van der Waals surface area contributed by atoms with Crippen molar-refractivity contribution >= 4 is 13.6 Å². The number of ether oxygens (including phenoxy) is 3. The molecule has 1 heterocycles. The van der Waals surface area contributed by atoms with E-state index in [9.17, 15) is 9.36 Å². The van der Waals surface area contributed by atoms with Gasteiger partial charge in [-0.25, -0.2) is 4.79 Å². The third-order valence-electron chi connectivity index (χ3n) is 4.98. The van der Waals surface area contributed by atoms with Crippen LogP contribution in [0, 0.1) is 0 Å². The average Bonchev–Trinajstić information content (AvgIpc) is 3.10. The summed E-state index contributed by atoms with van der Waals surface area (Å²) < 4.78 is 42.3. The number of carbonyl (C=O) groups excluding carboxylic acids is 1. The molecule has 2 aliphatic rings. The maximum atomic E-state index is 13.5. The summed E-state index contributed by atoms with van der Waals surface area (Å²) in [6, 6.07) is 8.56. The van der Waals surface area contributed by atoms with Gasteiger partial charge in [-0.3, -0.25) is 4.57 Å². The van der Waals surface area contributed by atoms with Crippen LogP contribution in [0.2, 0.25) is 0 Å². The van der Waals surface area contributed by atoms with Gasteiger partial charge in [-0.05, 0) is 38.8 Å². The van der Waals surface area contributed by atoms with Crippen LogP contribution in [0.1, 0.15) is 56.3 Å². The minimum absolute atomic E-state index is 0.162. The van der Waals surface area contributed by atoms with Crippen LogP contribution in [0.4, 0.5) is 0 Å². The fourth-order valence-corrected chi connectivity index (χ4v) is 5.58. The van der Waals surface area contributed by atoms with Crippen LogP contribution < -0.4 is 0 Å². The summed E-state index contributed by atoms with van der Waals surface area (Å²) in [7, 11) is -3.77. The Balaban J connectivity index is 1.84. The minimum Gasteiger partial charge on any atom is -0.443 e. The van der Waals surface area contributed by atoms with E-state index in [1.54, 1.807) is 44.2 Å². The summed E-state index contributed by atoms with van der Waals surface area (Å²) in [5.74, 6) is -2.48. The van der Waals surface area contributed by atoms with Crippen molar-refractivity contribution in [2.24, 2.45) is 0 Å². The summed E-state index contributed by atoms with van der Waals surface area (Å²) in [4.78, 5) is 12.7. The van der Waals surface area contributed by atoms with E-state index in [2.05, 4.69) is 0 Å². The van der Waals surface area contributed by atoms with Gasteiger partial charge >= 0.3 is 13.6 Å². The predicted octanol–water partition coefficient (Wildman–Crippen LogP) is 4.51. The van der Waals surface area contributed by atoms with Crippen molar-refractivity contribution < 1.29 is 32.6 Å². The van der Waals surface area contributed by atoms with Crippen molar-refractivity contribution in [3.63, 3.8) is 0 Å². The second-order valence-corrected chi connectivity index (χ2v) is 9.08. The molecule has 8 heteroatoms. The van der Waals surface area contributed by atoms with E-state index in [1.165, 1.54) is 0 Å². The Kier molecular flexibility index (Phi) is 7.29. The molecule has 1 saturated carbocycles. The van der Waals surface area contributed by atoms with Crippen LogP contribution in [0.15, 0.2) is 30.3 Å². The quantitative estimate of drug-likeness (QED) is 0.459. The summed E-state index contributed by atoms with van der Waals surface area (Å²) in [6.45, 7) is 3.94. The van der Waals surface area contributed by atoms with Gasteiger partial charge in [-0.15, -0.1) is 0 Å². The molecule has 1 aromatic rings. The fourth-order valence-electron chi connectivity index (χ4n) is 3.71. The molecular weight excluding hydrogens is 383 g/mol. The van der Waals surface area contributed by atoms with Gasteiger partial charge in [0.05, 0.1) is 25.4 Å². The summed E-state index contributed by atoms with van der Waals surface area (Å²) in [5, 5.41) is 0. The average molecular weight is 412 g/mol. The van der Waals surface area contributed by atoms with E-state index in [0.29, 0.717) is 5.56 Å². The van der Waals surface area contributed by atoms with Gasteiger partial charge < -0.3 is 23.3 Å². The maximum absolute atomic E-state index is 13.5. The molecule has 0 aromatic heterocycles. The molecule has 1 aromatic carbocycles. The number of rotatable bonds is 8. The van der Waals surface area contributed by atoms with Gasteiger partial charge in [0, 0.05) is 12.8 Å². The number of hydrogen-bond donors (Lipinski definition) is 0. The standard InChI is InChI=1S/C20H29O7P/c1-3-24-28(22,25-4-2)19(26-18(21)16-11-7-5-8-12-16)17-15-23-20(27-17)13-9-6-10-14-20/h5,7-8,11-12,17,19H,3-4,6,9-10,13-15H2,1-2H3/t17-,19+/m1/s1. The van der Waals surface area contributed by atoms with E-state index >= 15 is 0 Å². The first-order chi connectivity index (χ1) is 13.5. The van der Waals surface area contributed by atoms with Gasteiger partial charge in [-0.2, -0.15) is 0 Å². The molecular formula is C20H29O7P. The Morgan fingerprint density at radius 3 is 2.39 bits per heavy atom. The fraction of sp³-hybridized carbons (Fsp3) is 0.650. The zero-order chi connectivity index (χ0) is 20.0. The Hall–Kier alpha value is -1.24. The molecule has 7 nitrogen and oxygen atoms in total. The second kappa shape index (κ2) is 9.51. The van der Waals surface area contributed by atoms with Crippen LogP contribution in [0.3, 0.4) is 0 Å². The molecule has 0 bridgehead atoms. The Morgan fingerprint density at radius 1 is 1.14 bits per heavy atom. The minimum atomic E-state index is -3.77. The highest BCUT2D eigenvalue weighted by Gasteiger charge is 2.53. The largest absolute Gasteiger partial charge is 0.443 e. The lowest BCUT2D eigenvalue weighted by Crippen LogP contribution is -2.38. The highest BCUT2D eigenvalue weighted by Crippen LogP contribution is 2.57. The van der Waals surface area contributed by atoms with E-state index in [0.717, 1.165) is 32.1 Å². The van der Waals surface area contributed by atoms with E-state index in [-0.39, 0.29) is 19.8 Å². The van der Waals surface area contributed by atoms with E-state index < -0.39 is 31.3 Å². The van der Waals surface area contributed by atoms with Crippen molar-refractivity contribution in [2.45, 2.75) is 63.7 Å². The van der Waals surface area contributed by atoms with E-state index in [1.807, 2.05) is 0 Å². The summed E-state index contributed by atoms with van der Waals surface area (Å²) in [6.07, 6.45) is 4.00. The first-order valence-electron chi connectivity index (χ1n) is 9.98. The molecule has 0 radical (unpaired) electrons. The number of esters is 1. The molecule has 0 unspecified atom stereocenters. The number of benzene rings is 1. The van der Waals surface area contributed by atoms with Crippen LogP contribution in [-0.4, -0.2) is 43.5 Å². The zero-order valence-electron chi connectivity index (χ0n) is 16.5. The van der Waals surface area contributed by atoms with Gasteiger partial charge in [-0.1, -0.05) is 24.6 Å². The van der Waals surface area contributed by atoms with Crippen LogP contribution in [-0.2, 0) is 27.8 Å². The molecule has 28 heavy (non-hydrogen) atoms.